The van der Waals surface area contributed by atoms with Crippen LogP contribution in [-0.4, -0.2) is 35.4 Å². The van der Waals surface area contributed by atoms with E-state index in [1.54, 1.807) is 52.0 Å². The summed E-state index contributed by atoms with van der Waals surface area (Å²) < 4.78 is 5.20. The molecule has 2 amide bonds. The van der Waals surface area contributed by atoms with Crippen LogP contribution in [0.1, 0.15) is 46.0 Å². The first-order valence-corrected chi connectivity index (χ1v) is 8.32. The number of amides is 2. The lowest BCUT2D eigenvalue weighted by atomic mass is 10.1. The molecule has 3 N–H and O–H groups in total. The van der Waals surface area contributed by atoms with E-state index in [9.17, 15) is 14.4 Å². The van der Waals surface area contributed by atoms with E-state index >= 15 is 0 Å². The predicted molar refractivity (Wildman–Crippen MR) is 98.2 cm³/mol. The molecule has 26 heavy (non-hydrogen) atoms. The minimum Gasteiger partial charge on any atom is -0.459 e. The number of ether oxygens (including phenoxy) is 1. The fourth-order valence-corrected chi connectivity index (χ4v) is 2.53. The molecule has 0 aliphatic carbocycles. The highest BCUT2D eigenvalue weighted by Gasteiger charge is 2.23. The van der Waals surface area contributed by atoms with Crippen LogP contribution in [0.5, 0.6) is 0 Å². The number of H-pyrrole nitrogens is 1. The van der Waals surface area contributed by atoms with Crippen molar-refractivity contribution < 1.29 is 19.1 Å². The number of hydrogen-bond acceptors (Lipinski definition) is 4. The van der Waals surface area contributed by atoms with E-state index in [-0.39, 0.29) is 24.2 Å². The third-order valence-electron chi connectivity index (χ3n) is 3.68. The first kappa shape index (κ1) is 19.2. The van der Waals surface area contributed by atoms with Gasteiger partial charge < -0.3 is 20.4 Å². The first-order chi connectivity index (χ1) is 12.3. The summed E-state index contributed by atoms with van der Waals surface area (Å²) in [6.45, 7) is 6.70. The molecule has 0 aliphatic heterocycles. The van der Waals surface area contributed by atoms with Gasteiger partial charge >= 0.3 is 5.97 Å². The number of aromatic nitrogens is 1. The second-order valence-electron chi connectivity index (χ2n) is 6.18. The Bertz CT molecular complexity index is 810. The summed E-state index contributed by atoms with van der Waals surface area (Å²) in [5, 5.41) is 5.23. The van der Waals surface area contributed by atoms with Crippen molar-refractivity contribution in [1.82, 2.24) is 10.3 Å². The normalized spacial score (nSPS) is 10.5. The van der Waals surface area contributed by atoms with Crippen LogP contribution in [0.15, 0.2) is 30.3 Å². The Morgan fingerprint density at radius 1 is 1.12 bits per heavy atom. The summed E-state index contributed by atoms with van der Waals surface area (Å²) in [4.78, 5) is 39.3. The predicted octanol–water partition coefficient (Wildman–Crippen LogP) is 2.57. The maximum atomic E-state index is 12.4. The zero-order valence-electron chi connectivity index (χ0n) is 15.3. The number of carbonyl (C=O) groups excluding carboxylic acids is 3. The van der Waals surface area contributed by atoms with E-state index in [0.717, 1.165) is 0 Å². The van der Waals surface area contributed by atoms with Gasteiger partial charge in [-0.05, 0) is 45.4 Å². The smallest absolute Gasteiger partial charge is 0.340 e. The van der Waals surface area contributed by atoms with E-state index in [2.05, 4.69) is 15.6 Å². The highest BCUT2D eigenvalue weighted by atomic mass is 16.5. The standard InChI is InChI=1S/C19H23N3O4/c1-11(2)26-19(25)16-12(3)17(21-13(16)4)18(24)20-10-15(23)22-14-8-6-5-7-9-14/h5-9,11,21H,10H2,1-4H3,(H,20,24)(H,22,23). The van der Waals surface area contributed by atoms with Crippen LogP contribution >= 0.6 is 0 Å². The fraction of sp³-hybridized carbons (Fsp3) is 0.316. The van der Waals surface area contributed by atoms with Gasteiger partial charge in [0.2, 0.25) is 5.91 Å². The molecule has 2 rings (SSSR count). The van der Waals surface area contributed by atoms with Gasteiger partial charge in [-0.1, -0.05) is 18.2 Å². The lowest BCUT2D eigenvalue weighted by Gasteiger charge is -2.08. The largest absolute Gasteiger partial charge is 0.459 e. The van der Waals surface area contributed by atoms with Crippen molar-refractivity contribution >= 4 is 23.5 Å². The Hall–Kier alpha value is -3.09. The zero-order valence-corrected chi connectivity index (χ0v) is 15.3. The van der Waals surface area contributed by atoms with Crippen LogP contribution in [0.2, 0.25) is 0 Å². The monoisotopic (exact) mass is 357 g/mol. The van der Waals surface area contributed by atoms with Crippen LogP contribution in [0.4, 0.5) is 5.69 Å². The number of benzene rings is 1. The van der Waals surface area contributed by atoms with Gasteiger partial charge in [0.15, 0.2) is 0 Å². The molecule has 0 saturated carbocycles. The van der Waals surface area contributed by atoms with Crippen molar-refractivity contribution in [1.29, 1.82) is 0 Å². The quantitative estimate of drug-likeness (QED) is 0.692. The molecular weight excluding hydrogens is 334 g/mol. The molecule has 7 nitrogen and oxygen atoms in total. The van der Waals surface area contributed by atoms with Gasteiger partial charge in [0.1, 0.15) is 5.69 Å². The van der Waals surface area contributed by atoms with Crippen molar-refractivity contribution in [3.8, 4) is 0 Å². The number of carbonyl (C=O) groups is 3. The number of esters is 1. The SMILES string of the molecule is Cc1[nH]c(C(=O)NCC(=O)Nc2ccccc2)c(C)c1C(=O)OC(C)C. The van der Waals surface area contributed by atoms with Crippen molar-refractivity contribution in [2.45, 2.75) is 33.8 Å². The maximum Gasteiger partial charge on any atom is 0.340 e. The molecule has 138 valence electrons. The van der Waals surface area contributed by atoms with Crippen molar-refractivity contribution in [2.75, 3.05) is 11.9 Å². The lowest BCUT2D eigenvalue weighted by molar-refractivity contribution is -0.115. The number of rotatable bonds is 6. The third-order valence-corrected chi connectivity index (χ3v) is 3.68. The average molecular weight is 357 g/mol. The Morgan fingerprint density at radius 3 is 2.38 bits per heavy atom. The van der Waals surface area contributed by atoms with Crippen molar-refractivity contribution in [3.05, 3.63) is 52.8 Å². The number of para-hydroxylation sites is 1. The molecule has 1 aromatic heterocycles. The van der Waals surface area contributed by atoms with E-state index in [1.807, 2.05) is 6.07 Å². The Balaban J connectivity index is 2.01. The average Bonchev–Trinajstić information content (AvgIpc) is 2.87. The number of hydrogen-bond donors (Lipinski definition) is 3. The molecule has 0 bridgehead atoms. The van der Waals surface area contributed by atoms with E-state index in [1.165, 1.54) is 0 Å². The summed E-state index contributed by atoms with van der Waals surface area (Å²) in [6, 6.07) is 8.96. The first-order valence-electron chi connectivity index (χ1n) is 8.32. The van der Waals surface area contributed by atoms with Gasteiger partial charge in [0.25, 0.3) is 5.91 Å². The van der Waals surface area contributed by atoms with Crippen LogP contribution < -0.4 is 10.6 Å². The van der Waals surface area contributed by atoms with Crippen LogP contribution in [0.3, 0.4) is 0 Å². The zero-order chi connectivity index (χ0) is 19.3. The molecule has 0 saturated heterocycles. The fourth-order valence-electron chi connectivity index (χ4n) is 2.53. The highest BCUT2D eigenvalue weighted by molar-refractivity contribution is 6.02. The van der Waals surface area contributed by atoms with Gasteiger partial charge in [-0.15, -0.1) is 0 Å². The van der Waals surface area contributed by atoms with Gasteiger partial charge in [-0.3, -0.25) is 9.59 Å². The summed E-state index contributed by atoms with van der Waals surface area (Å²) in [7, 11) is 0. The van der Waals surface area contributed by atoms with Crippen LogP contribution in [0.25, 0.3) is 0 Å². The molecule has 0 atom stereocenters. The summed E-state index contributed by atoms with van der Waals surface area (Å²) in [6.07, 6.45) is -0.254. The molecule has 7 heteroatoms. The molecule has 1 aromatic carbocycles. The van der Waals surface area contributed by atoms with Crippen molar-refractivity contribution in [2.24, 2.45) is 0 Å². The van der Waals surface area contributed by atoms with Gasteiger partial charge in [0.05, 0.1) is 18.2 Å². The summed E-state index contributed by atoms with van der Waals surface area (Å²) in [5.41, 5.74) is 2.28. The molecule has 0 aliphatic rings. The molecule has 0 fully saturated rings. The summed E-state index contributed by atoms with van der Waals surface area (Å²) in [5.74, 6) is -1.28. The molecule has 0 unspecified atom stereocenters. The Labute approximate surface area is 152 Å². The second kappa shape index (κ2) is 8.33. The topological polar surface area (TPSA) is 100 Å². The Kier molecular flexibility index (Phi) is 6.16. The molecular formula is C19H23N3O4. The van der Waals surface area contributed by atoms with Gasteiger partial charge in [-0.25, -0.2) is 4.79 Å². The summed E-state index contributed by atoms with van der Waals surface area (Å²) >= 11 is 0. The van der Waals surface area contributed by atoms with Crippen LogP contribution in [0, 0.1) is 13.8 Å². The number of aryl methyl sites for hydroxylation is 1. The van der Waals surface area contributed by atoms with Crippen molar-refractivity contribution in [3.63, 3.8) is 0 Å². The van der Waals surface area contributed by atoms with Gasteiger partial charge in [0, 0.05) is 11.4 Å². The number of anilines is 1. The molecule has 0 radical (unpaired) electrons. The minimum atomic E-state index is -0.480. The highest BCUT2D eigenvalue weighted by Crippen LogP contribution is 2.19. The van der Waals surface area contributed by atoms with Gasteiger partial charge in [-0.2, -0.15) is 0 Å². The van der Waals surface area contributed by atoms with Crippen LogP contribution in [-0.2, 0) is 9.53 Å². The van der Waals surface area contributed by atoms with E-state index in [4.69, 9.17) is 4.74 Å². The Morgan fingerprint density at radius 2 is 1.77 bits per heavy atom. The van der Waals surface area contributed by atoms with E-state index < -0.39 is 11.9 Å². The van der Waals surface area contributed by atoms with E-state index in [0.29, 0.717) is 22.5 Å². The third kappa shape index (κ3) is 4.72. The molecule has 0 spiro atoms. The number of nitrogens with one attached hydrogen (secondary N) is 3. The second-order valence-corrected chi connectivity index (χ2v) is 6.18. The molecule has 2 aromatic rings. The lowest BCUT2D eigenvalue weighted by Crippen LogP contribution is -2.33. The number of aromatic amines is 1. The minimum absolute atomic E-state index is 0.184. The maximum absolute atomic E-state index is 12.4. The molecule has 1 heterocycles.